The lowest BCUT2D eigenvalue weighted by atomic mass is 10.2. The first-order valence-electron chi connectivity index (χ1n) is 6.84. The predicted octanol–water partition coefficient (Wildman–Crippen LogP) is 2.89. The van der Waals surface area contributed by atoms with Crippen molar-refractivity contribution in [3.05, 3.63) is 29.8 Å². The summed E-state index contributed by atoms with van der Waals surface area (Å²) in [6, 6.07) is 6.94. The third-order valence-corrected chi connectivity index (χ3v) is 4.81. The third-order valence-electron chi connectivity index (χ3n) is 2.99. The molecule has 0 heterocycles. The summed E-state index contributed by atoms with van der Waals surface area (Å²) in [6.07, 6.45) is 3.11. The lowest BCUT2D eigenvalue weighted by molar-refractivity contribution is -0.141. The highest BCUT2D eigenvalue weighted by molar-refractivity contribution is 7.91. The topological polar surface area (TPSA) is 60.4 Å². The van der Waals surface area contributed by atoms with E-state index in [2.05, 4.69) is 0 Å². The van der Waals surface area contributed by atoms with E-state index in [4.69, 9.17) is 4.74 Å². The van der Waals surface area contributed by atoms with E-state index in [9.17, 15) is 13.2 Å². The zero-order chi connectivity index (χ0) is 15.0. The smallest absolute Gasteiger partial charge is 0.302 e. The summed E-state index contributed by atoms with van der Waals surface area (Å²) < 4.78 is 28.9. The molecule has 112 valence electrons. The van der Waals surface area contributed by atoms with Crippen molar-refractivity contribution in [1.29, 1.82) is 0 Å². The highest BCUT2D eigenvalue weighted by atomic mass is 32.2. The van der Waals surface area contributed by atoms with E-state index >= 15 is 0 Å². The van der Waals surface area contributed by atoms with Crippen molar-refractivity contribution in [1.82, 2.24) is 0 Å². The van der Waals surface area contributed by atoms with Crippen LogP contribution in [0, 0.1) is 6.92 Å². The third kappa shape index (κ3) is 6.19. The number of benzene rings is 1. The van der Waals surface area contributed by atoms with Gasteiger partial charge in [-0.2, -0.15) is 0 Å². The summed E-state index contributed by atoms with van der Waals surface area (Å²) in [5.41, 5.74) is 1.05. The Morgan fingerprint density at radius 1 is 1.05 bits per heavy atom. The van der Waals surface area contributed by atoms with E-state index in [1.54, 1.807) is 12.1 Å². The van der Waals surface area contributed by atoms with Crippen LogP contribution in [0.2, 0.25) is 0 Å². The molecule has 0 amide bonds. The Morgan fingerprint density at radius 2 is 1.65 bits per heavy atom. The van der Waals surface area contributed by atoms with Crippen LogP contribution in [0.1, 0.15) is 38.2 Å². The first-order valence-corrected chi connectivity index (χ1v) is 8.50. The molecule has 0 saturated heterocycles. The molecule has 0 aliphatic heterocycles. The van der Waals surface area contributed by atoms with Gasteiger partial charge in [0, 0.05) is 6.92 Å². The Labute approximate surface area is 121 Å². The second-order valence-electron chi connectivity index (χ2n) is 4.89. The fourth-order valence-electron chi connectivity index (χ4n) is 1.83. The van der Waals surface area contributed by atoms with Crippen LogP contribution >= 0.6 is 0 Å². The molecule has 1 rings (SSSR count). The molecule has 4 nitrogen and oxygen atoms in total. The Kier molecular flexibility index (Phi) is 6.71. The van der Waals surface area contributed by atoms with Crippen molar-refractivity contribution in [3.63, 3.8) is 0 Å². The molecule has 0 fully saturated rings. The molecule has 0 N–H and O–H groups in total. The molecule has 5 heteroatoms. The van der Waals surface area contributed by atoms with Crippen molar-refractivity contribution >= 4 is 15.8 Å². The molecule has 1 aromatic rings. The number of rotatable bonds is 8. The van der Waals surface area contributed by atoms with Gasteiger partial charge < -0.3 is 4.74 Å². The van der Waals surface area contributed by atoms with Gasteiger partial charge in [-0.1, -0.05) is 30.5 Å². The van der Waals surface area contributed by atoms with E-state index in [0.717, 1.165) is 24.8 Å². The Hall–Kier alpha value is -1.36. The minimum Gasteiger partial charge on any atom is -0.466 e. The lowest BCUT2D eigenvalue weighted by Crippen LogP contribution is -2.07. The largest absolute Gasteiger partial charge is 0.466 e. The van der Waals surface area contributed by atoms with Gasteiger partial charge in [0.25, 0.3) is 0 Å². The zero-order valence-electron chi connectivity index (χ0n) is 12.1. The number of carbonyl (C=O) groups excluding carboxylic acids is 1. The summed E-state index contributed by atoms with van der Waals surface area (Å²) in [5, 5.41) is 0. The van der Waals surface area contributed by atoms with Crippen LogP contribution in [-0.4, -0.2) is 26.7 Å². The van der Waals surface area contributed by atoms with Crippen LogP contribution < -0.4 is 0 Å². The molecular formula is C15H22O4S. The molecule has 1 aromatic carbocycles. The number of sulfone groups is 1. The standard InChI is InChI=1S/C15H22O4S/c1-13-7-9-15(10-8-13)20(17,18)12-6-4-3-5-11-19-14(2)16/h7-10H,3-6,11-12H2,1-2H3. The molecule has 0 atom stereocenters. The van der Waals surface area contributed by atoms with Gasteiger partial charge >= 0.3 is 5.97 Å². The molecule has 0 aliphatic rings. The van der Waals surface area contributed by atoms with E-state index in [0.29, 0.717) is 17.9 Å². The minimum absolute atomic E-state index is 0.170. The van der Waals surface area contributed by atoms with Gasteiger partial charge in [0.1, 0.15) is 0 Å². The summed E-state index contributed by atoms with van der Waals surface area (Å²) in [7, 11) is -3.17. The van der Waals surface area contributed by atoms with Gasteiger partial charge in [-0.05, 0) is 31.9 Å². The fraction of sp³-hybridized carbons (Fsp3) is 0.533. The van der Waals surface area contributed by atoms with Gasteiger partial charge in [-0.15, -0.1) is 0 Å². The average molecular weight is 298 g/mol. The molecule has 0 radical (unpaired) electrons. The van der Waals surface area contributed by atoms with Crippen LogP contribution in [0.25, 0.3) is 0 Å². The normalized spacial score (nSPS) is 11.3. The maximum atomic E-state index is 12.1. The van der Waals surface area contributed by atoms with Gasteiger partial charge in [0.2, 0.25) is 0 Å². The van der Waals surface area contributed by atoms with E-state index in [1.807, 2.05) is 19.1 Å². The van der Waals surface area contributed by atoms with E-state index in [-0.39, 0.29) is 11.7 Å². The van der Waals surface area contributed by atoms with Crippen LogP contribution in [0.15, 0.2) is 29.2 Å². The SMILES string of the molecule is CC(=O)OCCCCCCS(=O)(=O)c1ccc(C)cc1. The molecular weight excluding hydrogens is 276 g/mol. The van der Waals surface area contributed by atoms with Crippen LogP contribution in [-0.2, 0) is 19.4 Å². The van der Waals surface area contributed by atoms with Crippen LogP contribution in [0.5, 0.6) is 0 Å². The quantitative estimate of drug-likeness (QED) is 0.547. The molecule has 0 spiro atoms. The van der Waals surface area contributed by atoms with Crippen LogP contribution in [0.4, 0.5) is 0 Å². The van der Waals surface area contributed by atoms with Crippen molar-refractivity contribution in [3.8, 4) is 0 Å². The second kappa shape index (κ2) is 8.04. The monoisotopic (exact) mass is 298 g/mol. The Morgan fingerprint density at radius 3 is 2.25 bits per heavy atom. The maximum Gasteiger partial charge on any atom is 0.302 e. The summed E-state index contributed by atoms with van der Waals surface area (Å²) >= 11 is 0. The fourth-order valence-corrected chi connectivity index (χ4v) is 3.20. The highest BCUT2D eigenvalue weighted by Crippen LogP contribution is 2.14. The van der Waals surface area contributed by atoms with Gasteiger partial charge in [0.05, 0.1) is 17.3 Å². The van der Waals surface area contributed by atoms with Crippen molar-refractivity contribution in [2.45, 2.75) is 44.4 Å². The number of hydrogen-bond acceptors (Lipinski definition) is 4. The minimum atomic E-state index is -3.17. The van der Waals surface area contributed by atoms with Crippen molar-refractivity contribution in [2.75, 3.05) is 12.4 Å². The molecule has 0 unspecified atom stereocenters. The predicted molar refractivity (Wildman–Crippen MR) is 78.3 cm³/mol. The molecule has 0 aliphatic carbocycles. The Balaban J connectivity index is 2.27. The number of carbonyl (C=O) groups is 1. The van der Waals surface area contributed by atoms with Gasteiger partial charge in [0.15, 0.2) is 9.84 Å². The van der Waals surface area contributed by atoms with Crippen molar-refractivity contribution < 1.29 is 17.9 Å². The number of unbranched alkanes of at least 4 members (excludes halogenated alkanes) is 3. The van der Waals surface area contributed by atoms with Crippen molar-refractivity contribution in [2.24, 2.45) is 0 Å². The maximum absolute atomic E-state index is 12.1. The van der Waals surface area contributed by atoms with Crippen LogP contribution in [0.3, 0.4) is 0 Å². The van der Waals surface area contributed by atoms with E-state index < -0.39 is 9.84 Å². The van der Waals surface area contributed by atoms with Gasteiger partial charge in [-0.3, -0.25) is 4.79 Å². The molecule has 0 saturated carbocycles. The average Bonchev–Trinajstić information content (AvgIpc) is 2.37. The first-order chi connectivity index (χ1) is 9.42. The highest BCUT2D eigenvalue weighted by Gasteiger charge is 2.13. The number of aryl methyl sites for hydroxylation is 1. The van der Waals surface area contributed by atoms with Gasteiger partial charge in [-0.25, -0.2) is 8.42 Å². The zero-order valence-corrected chi connectivity index (χ0v) is 12.9. The Bertz CT molecular complexity index is 517. The summed E-state index contributed by atoms with van der Waals surface area (Å²) in [6.45, 7) is 3.73. The van der Waals surface area contributed by atoms with E-state index in [1.165, 1.54) is 6.92 Å². The number of esters is 1. The summed E-state index contributed by atoms with van der Waals surface area (Å²) in [4.78, 5) is 10.9. The summed E-state index contributed by atoms with van der Waals surface area (Å²) in [5.74, 6) is -0.101. The molecule has 0 aromatic heterocycles. The molecule has 20 heavy (non-hydrogen) atoms. The molecule has 0 bridgehead atoms. The number of ether oxygens (including phenoxy) is 1. The first kappa shape index (κ1) is 16.7. The second-order valence-corrected chi connectivity index (χ2v) is 7.00. The number of hydrogen-bond donors (Lipinski definition) is 0. The lowest BCUT2D eigenvalue weighted by Gasteiger charge is -2.05.